The number of benzene rings is 1. The Balaban J connectivity index is 2.83. The molecule has 0 unspecified atom stereocenters. The number of nitrogens with zero attached hydrogens (tertiary/aromatic N) is 2. The summed E-state index contributed by atoms with van der Waals surface area (Å²) in [6.07, 6.45) is 0.512. The van der Waals surface area contributed by atoms with Gasteiger partial charge in [-0.3, -0.25) is 15.1 Å². The molecule has 0 heterocycles. The highest BCUT2D eigenvalue weighted by Crippen LogP contribution is 2.21. The summed E-state index contributed by atoms with van der Waals surface area (Å²) < 4.78 is 0.870. The summed E-state index contributed by atoms with van der Waals surface area (Å²) in [5, 5.41) is 8.75. The number of hydrogen-bond acceptors (Lipinski definition) is 4. The lowest BCUT2D eigenvalue weighted by atomic mass is 10.1. The molecule has 0 saturated carbocycles. The maximum atomic E-state index is 11.5. The molecule has 0 atom stereocenters. The molecule has 0 radical (unpaired) electrons. The van der Waals surface area contributed by atoms with Crippen molar-refractivity contribution < 1.29 is 4.79 Å². The highest BCUT2D eigenvalue weighted by molar-refractivity contribution is 9.10. The van der Waals surface area contributed by atoms with Gasteiger partial charge in [-0.2, -0.15) is 5.26 Å². The van der Waals surface area contributed by atoms with E-state index in [-0.39, 0.29) is 5.91 Å². The van der Waals surface area contributed by atoms with Gasteiger partial charge < -0.3 is 0 Å². The van der Waals surface area contributed by atoms with Crippen molar-refractivity contribution in [3.05, 3.63) is 33.8 Å². The van der Waals surface area contributed by atoms with Gasteiger partial charge in [-0.1, -0.05) is 35.8 Å². The second kappa shape index (κ2) is 8.78. The van der Waals surface area contributed by atoms with E-state index in [2.05, 4.69) is 46.2 Å². The highest BCUT2D eigenvalue weighted by Gasteiger charge is 2.12. The van der Waals surface area contributed by atoms with Gasteiger partial charge in [0.2, 0.25) is 0 Å². The molecule has 1 rings (SSSR count). The van der Waals surface area contributed by atoms with Crippen molar-refractivity contribution in [1.82, 2.24) is 10.3 Å². The van der Waals surface area contributed by atoms with Gasteiger partial charge in [-0.15, -0.1) is 0 Å². The van der Waals surface area contributed by atoms with Crippen LogP contribution in [0.15, 0.2) is 22.7 Å². The van der Waals surface area contributed by atoms with E-state index in [9.17, 15) is 4.79 Å². The Morgan fingerprint density at radius 3 is 2.76 bits per heavy atom. The molecule has 0 bridgehead atoms. The van der Waals surface area contributed by atoms with Crippen LogP contribution in [-0.4, -0.2) is 23.9 Å². The molecule has 0 aromatic heterocycles. The first-order valence-corrected chi connectivity index (χ1v) is 7.66. The van der Waals surface area contributed by atoms with Gasteiger partial charge in [-0.05, 0) is 23.6 Å². The van der Waals surface area contributed by atoms with Crippen LogP contribution >= 0.6 is 15.9 Å². The molecule has 21 heavy (non-hydrogen) atoms. The lowest BCUT2D eigenvalue weighted by Crippen LogP contribution is -2.30. The van der Waals surface area contributed by atoms with Crippen molar-refractivity contribution in [2.24, 2.45) is 11.8 Å². The van der Waals surface area contributed by atoms with Crippen LogP contribution in [-0.2, 0) is 6.54 Å². The van der Waals surface area contributed by atoms with Crippen molar-refractivity contribution in [2.75, 3.05) is 13.1 Å². The maximum absolute atomic E-state index is 11.5. The third-order valence-corrected chi connectivity index (χ3v) is 3.74. The van der Waals surface area contributed by atoms with Crippen LogP contribution in [0.5, 0.6) is 0 Å². The second-order valence-corrected chi connectivity index (χ2v) is 6.17. The molecule has 3 N–H and O–H groups in total. The summed E-state index contributed by atoms with van der Waals surface area (Å²) in [6, 6.07) is 7.60. The smallest absolute Gasteiger partial charge is 0.265 e. The molecule has 0 aliphatic heterocycles. The molecule has 114 valence electrons. The Hall–Kier alpha value is -1.42. The molecule has 1 amide bonds. The quantitative estimate of drug-likeness (QED) is 0.448. The minimum Gasteiger partial charge on any atom is -0.298 e. The fraction of sp³-hybridized carbons (Fsp3) is 0.467. The normalized spacial score (nSPS) is 10.7. The van der Waals surface area contributed by atoms with E-state index in [1.807, 2.05) is 6.07 Å². The standard InChI is InChI=1S/C15H21BrN4O/c1-11(2)9-20(7-3-6-17)10-13-5-4-12(8-14(13)16)15(21)19-18/h4-5,8,11H,3,7,9-10,18H2,1-2H3,(H,19,21). The first-order chi connectivity index (χ1) is 9.97. The van der Waals surface area contributed by atoms with Crippen molar-refractivity contribution in [3.63, 3.8) is 0 Å². The van der Waals surface area contributed by atoms with Crippen LogP contribution in [0, 0.1) is 17.2 Å². The van der Waals surface area contributed by atoms with Crippen LogP contribution < -0.4 is 11.3 Å². The monoisotopic (exact) mass is 352 g/mol. The van der Waals surface area contributed by atoms with Crippen LogP contribution in [0.4, 0.5) is 0 Å². The Morgan fingerprint density at radius 1 is 1.52 bits per heavy atom. The third-order valence-electron chi connectivity index (χ3n) is 3.00. The number of carbonyl (C=O) groups is 1. The van der Waals surface area contributed by atoms with E-state index in [1.165, 1.54) is 0 Å². The second-order valence-electron chi connectivity index (χ2n) is 5.32. The predicted octanol–water partition coefficient (Wildman–Crippen LogP) is 2.42. The molecular formula is C15H21BrN4O. The maximum Gasteiger partial charge on any atom is 0.265 e. The summed E-state index contributed by atoms with van der Waals surface area (Å²) in [5.74, 6) is 5.35. The van der Waals surface area contributed by atoms with Gasteiger partial charge in [0.15, 0.2) is 0 Å². The third kappa shape index (κ3) is 5.84. The van der Waals surface area contributed by atoms with Gasteiger partial charge >= 0.3 is 0 Å². The van der Waals surface area contributed by atoms with Gasteiger partial charge in [-0.25, -0.2) is 5.84 Å². The van der Waals surface area contributed by atoms with Gasteiger partial charge in [0.25, 0.3) is 5.91 Å². The molecular weight excluding hydrogens is 332 g/mol. The fourth-order valence-corrected chi connectivity index (χ4v) is 2.60. The fourth-order valence-electron chi connectivity index (χ4n) is 2.10. The number of nitrogens with one attached hydrogen (secondary N) is 1. The summed E-state index contributed by atoms with van der Waals surface area (Å²) >= 11 is 3.50. The van der Waals surface area contributed by atoms with E-state index in [0.29, 0.717) is 17.9 Å². The van der Waals surface area contributed by atoms with Crippen LogP contribution in [0.3, 0.4) is 0 Å². The zero-order chi connectivity index (χ0) is 15.8. The topological polar surface area (TPSA) is 82.2 Å². The van der Waals surface area contributed by atoms with E-state index in [1.54, 1.807) is 12.1 Å². The largest absolute Gasteiger partial charge is 0.298 e. The van der Waals surface area contributed by atoms with Crippen molar-refractivity contribution in [1.29, 1.82) is 5.26 Å². The molecule has 0 aliphatic carbocycles. The Labute approximate surface area is 134 Å². The van der Waals surface area contributed by atoms with E-state index in [0.717, 1.165) is 29.7 Å². The number of hydrogen-bond donors (Lipinski definition) is 2. The first kappa shape index (κ1) is 17.6. The Kier molecular flexibility index (Phi) is 7.37. The number of rotatable bonds is 7. The molecule has 0 saturated heterocycles. The highest BCUT2D eigenvalue weighted by atomic mass is 79.9. The predicted molar refractivity (Wildman–Crippen MR) is 86.1 cm³/mol. The van der Waals surface area contributed by atoms with E-state index >= 15 is 0 Å². The molecule has 0 fully saturated rings. The van der Waals surface area contributed by atoms with Crippen LogP contribution in [0.2, 0.25) is 0 Å². The average Bonchev–Trinajstić information content (AvgIpc) is 2.45. The number of nitriles is 1. The average molecular weight is 353 g/mol. The summed E-state index contributed by atoms with van der Waals surface area (Å²) in [4.78, 5) is 13.7. The first-order valence-electron chi connectivity index (χ1n) is 6.86. The number of nitrogen functional groups attached to an aromatic ring is 1. The SMILES string of the molecule is CC(C)CN(CCC#N)Cc1ccc(C(=O)NN)cc1Br. The lowest BCUT2D eigenvalue weighted by Gasteiger charge is -2.24. The number of nitrogens with two attached hydrogens (primary N) is 1. The van der Waals surface area contributed by atoms with Gasteiger partial charge in [0, 0.05) is 36.1 Å². The molecule has 6 heteroatoms. The van der Waals surface area contributed by atoms with Gasteiger partial charge in [0.1, 0.15) is 0 Å². The van der Waals surface area contributed by atoms with Crippen molar-refractivity contribution >= 4 is 21.8 Å². The zero-order valence-corrected chi connectivity index (χ0v) is 14.0. The van der Waals surface area contributed by atoms with E-state index < -0.39 is 0 Å². The molecule has 1 aromatic rings. The molecule has 1 aromatic carbocycles. The summed E-state index contributed by atoms with van der Waals surface area (Å²) in [7, 11) is 0. The molecule has 0 spiro atoms. The van der Waals surface area contributed by atoms with E-state index in [4.69, 9.17) is 11.1 Å². The number of amides is 1. The molecule has 5 nitrogen and oxygen atoms in total. The van der Waals surface area contributed by atoms with Gasteiger partial charge in [0.05, 0.1) is 6.07 Å². The molecule has 0 aliphatic rings. The van der Waals surface area contributed by atoms with Crippen LogP contribution in [0.25, 0.3) is 0 Å². The Morgan fingerprint density at radius 2 is 2.24 bits per heavy atom. The minimum absolute atomic E-state index is 0.314. The lowest BCUT2D eigenvalue weighted by molar-refractivity contribution is 0.0953. The zero-order valence-electron chi connectivity index (χ0n) is 12.4. The van der Waals surface area contributed by atoms with Crippen molar-refractivity contribution in [3.8, 4) is 6.07 Å². The van der Waals surface area contributed by atoms with Crippen molar-refractivity contribution in [2.45, 2.75) is 26.8 Å². The number of carbonyl (C=O) groups excluding carboxylic acids is 1. The minimum atomic E-state index is -0.314. The Bertz CT molecular complexity index is 525. The number of halogens is 1. The summed E-state index contributed by atoms with van der Waals surface area (Å²) in [5.41, 5.74) is 3.72. The van der Waals surface area contributed by atoms with Crippen LogP contribution in [0.1, 0.15) is 36.2 Å². The summed E-state index contributed by atoms with van der Waals surface area (Å²) in [6.45, 7) is 6.72. The number of hydrazine groups is 1.